The number of nitrogens with zero attached hydrogens (tertiary/aromatic N) is 3. The topological polar surface area (TPSA) is 80.4 Å². The normalized spacial score (nSPS) is 15.8. The molecule has 1 heterocycles. The highest BCUT2D eigenvalue weighted by molar-refractivity contribution is 5.78. The number of methoxy groups -OCH3 is 1. The molecule has 0 aromatic heterocycles. The second kappa shape index (κ2) is 8.78. The summed E-state index contributed by atoms with van der Waals surface area (Å²) >= 11 is 0. The molecule has 7 nitrogen and oxygen atoms in total. The molecule has 0 unspecified atom stereocenters. The highest BCUT2D eigenvalue weighted by Crippen LogP contribution is 2.13. The average Bonchev–Trinajstić information content (AvgIpc) is 2.60. The summed E-state index contributed by atoms with van der Waals surface area (Å²) in [5.74, 6) is 1.37. The van der Waals surface area contributed by atoms with Crippen molar-refractivity contribution in [2.75, 3.05) is 39.8 Å². The van der Waals surface area contributed by atoms with Gasteiger partial charge in [-0.15, -0.1) is 0 Å². The molecule has 1 aromatic carbocycles. The predicted octanol–water partition coefficient (Wildman–Crippen LogP) is 2.11. The van der Waals surface area contributed by atoms with Crippen LogP contribution in [0, 0.1) is 0 Å². The van der Waals surface area contributed by atoms with Crippen molar-refractivity contribution in [3.8, 4) is 5.75 Å². The van der Waals surface area contributed by atoms with E-state index in [1.807, 2.05) is 49.9 Å². The van der Waals surface area contributed by atoms with Crippen molar-refractivity contribution in [3.63, 3.8) is 0 Å². The molecule has 0 saturated carbocycles. The maximum atomic E-state index is 12.1. The van der Waals surface area contributed by atoms with E-state index in [9.17, 15) is 4.79 Å². The van der Waals surface area contributed by atoms with Gasteiger partial charge in [-0.3, -0.25) is 4.99 Å². The number of ether oxygens (including phenoxy) is 2. The summed E-state index contributed by atoms with van der Waals surface area (Å²) in [7, 11) is 1.66. The minimum Gasteiger partial charge on any atom is -0.497 e. The SMILES string of the molecule is COc1cccc(CCN=C(N)N2CCN(C(=O)OC(C)(C)C)CC2)c1. The molecule has 1 aromatic rings. The summed E-state index contributed by atoms with van der Waals surface area (Å²) in [6, 6.07) is 7.95. The van der Waals surface area contributed by atoms with Crippen LogP contribution in [-0.4, -0.2) is 67.3 Å². The number of carbonyl (C=O) groups excluding carboxylic acids is 1. The van der Waals surface area contributed by atoms with Gasteiger partial charge in [0.1, 0.15) is 11.4 Å². The number of guanidine groups is 1. The van der Waals surface area contributed by atoms with Crippen molar-refractivity contribution in [1.82, 2.24) is 9.80 Å². The van der Waals surface area contributed by atoms with Gasteiger partial charge >= 0.3 is 6.09 Å². The van der Waals surface area contributed by atoms with Crippen molar-refractivity contribution >= 4 is 12.1 Å². The zero-order valence-electron chi connectivity index (χ0n) is 16.2. The van der Waals surface area contributed by atoms with Crippen LogP contribution in [0.4, 0.5) is 4.79 Å². The summed E-state index contributed by atoms with van der Waals surface area (Å²) in [5, 5.41) is 0. The summed E-state index contributed by atoms with van der Waals surface area (Å²) in [4.78, 5) is 20.3. The first kappa shape index (κ1) is 19.9. The first-order valence-electron chi connectivity index (χ1n) is 8.94. The highest BCUT2D eigenvalue weighted by Gasteiger charge is 2.26. The molecule has 2 N–H and O–H groups in total. The maximum absolute atomic E-state index is 12.1. The lowest BCUT2D eigenvalue weighted by Crippen LogP contribution is -2.53. The van der Waals surface area contributed by atoms with Crippen LogP contribution >= 0.6 is 0 Å². The van der Waals surface area contributed by atoms with Crippen LogP contribution in [0.1, 0.15) is 26.3 Å². The molecule has 1 amide bonds. The molecule has 7 heteroatoms. The molecular weight excluding hydrogens is 332 g/mol. The van der Waals surface area contributed by atoms with Gasteiger partial charge in [-0.1, -0.05) is 12.1 Å². The number of hydrogen-bond donors (Lipinski definition) is 1. The molecule has 0 atom stereocenters. The third-order valence-electron chi connectivity index (χ3n) is 4.06. The average molecular weight is 362 g/mol. The second-order valence-electron chi connectivity index (χ2n) is 7.30. The van der Waals surface area contributed by atoms with E-state index in [0.29, 0.717) is 38.7 Å². The van der Waals surface area contributed by atoms with E-state index in [1.54, 1.807) is 12.0 Å². The Morgan fingerprint density at radius 3 is 2.46 bits per heavy atom. The second-order valence-corrected chi connectivity index (χ2v) is 7.30. The number of carbonyl (C=O) groups is 1. The molecule has 0 bridgehead atoms. The number of amides is 1. The minimum absolute atomic E-state index is 0.273. The van der Waals surface area contributed by atoms with E-state index in [4.69, 9.17) is 15.2 Å². The van der Waals surface area contributed by atoms with Crippen molar-refractivity contribution in [2.24, 2.45) is 10.7 Å². The number of nitrogens with two attached hydrogens (primary N) is 1. The highest BCUT2D eigenvalue weighted by atomic mass is 16.6. The van der Waals surface area contributed by atoms with E-state index in [2.05, 4.69) is 4.99 Å². The van der Waals surface area contributed by atoms with Crippen LogP contribution < -0.4 is 10.5 Å². The molecule has 0 spiro atoms. The van der Waals surface area contributed by atoms with Crippen LogP contribution in [-0.2, 0) is 11.2 Å². The van der Waals surface area contributed by atoms with Crippen LogP contribution in [0.3, 0.4) is 0 Å². The Balaban J connectivity index is 1.79. The number of aliphatic imine (C=N–C) groups is 1. The van der Waals surface area contributed by atoms with Gasteiger partial charge in [0.05, 0.1) is 7.11 Å². The molecule has 1 fully saturated rings. The van der Waals surface area contributed by atoms with Gasteiger partial charge in [0.15, 0.2) is 5.96 Å². The van der Waals surface area contributed by atoms with E-state index in [1.165, 1.54) is 0 Å². The van der Waals surface area contributed by atoms with Gasteiger partial charge in [-0.25, -0.2) is 4.79 Å². The first-order valence-corrected chi connectivity index (χ1v) is 8.94. The van der Waals surface area contributed by atoms with Crippen molar-refractivity contribution in [3.05, 3.63) is 29.8 Å². The van der Waals surface area contributed by atoms with Crippen LogP contribution in [0.2, 0.25) is 0 Å². The standard InChI is InChI=1S/C19H30N4O3/c1-19(2,3)26-18(24)23-12-10-22(11-13-23)17(20)21-9-8-15-6-5-7-16(14-15)25-4/h5-7,14H,8-13H2,1-4H3,(H2,20,21). The third kappa shape index (κ3) is 6.13. The molecule has 0 radical (unpaired) electrons. The van der Waals surface area contributed by atoms with Gasteiger partial charge in [0.25, 0.3) is 0 Å². The summed E-state index contributed by atoms with van der Waals surface area (Å²) in [6.07, 6.45) is 0.529. The Kier molecular flexibility index (Phi) is 6.71. The summed E-state index contributed by atoms with van der Waals surface area (Å²) < 4.78 is 10.6. The molecule has 1 aliphatic heterocycles. The number of piperazine rings is 1. The molecule has 1 saturated heterocycles. The van der Waals surface area contributed by atoms with Crippen molar-refractivity contribution < 1.29 is 14.3 Å². The predicted molar refractivity (Wildman–Crippen MR) is 103 cm³/mol. The lowest BCUT2D eigenvalue weighted by molar-refractivity contribution is 0.0186. The Morgan fingerprint density at radius 2 is 1.85 bits per heavy atom. The number of rotatable bonds is 4. The van der Waals surface area contributed by atoms with E-state index >= 15 is 0 Å². The Labute approximate surface area is 155 Å². The molecule has 26 heavy (non-hydrogen) atoms. The van der Waals surface area contributed by atoms with E-state index < -0.39 is 5.60 Å². The van der Waals surface area contributed by atoms with Crippen LogP contribution in [0.15, 0.2) is 29.3 Å². The van der Waals surface area contributed by atoms with Gasteiger partial charge in [0, 0.05) is 32.7 Å². The van der Waals surface area contributed by atoms with Crippen LogP contribution in [0.25, 0.3) is 0 Å². The maximum Gasteiger partial charge on any atom is 0.410 e. The molecule has 0 aliphatic carbocycles. The lowest BCUT2D eigenvalue weighted by Gasteiger charge is -2.36. The zero-order valence-corrected chi connectivity index (χ0v) is 16.2. The molecule has 1 aliphatic rings. The fourth-order valence-corrected chi connectivity index (χ4v) is 2.67. The van der Waals surface area contributed by atoms with Gasteiger partial charge in [-0.05, 0) is 44.9 Å². The smallest absolute Gasteiger partial charge is 0.410 e. The molecular formula is C19H30N4O3. The molecule has 2 rings (SSSR count). The first-order chi connectivity index (χ1) is 12.3. The zero-order chi connectivity index (χ0) is 19.2. The fourth-order valence-electron chi connectivity index (χ4n) is 2.67. The van der Waals surface area contributed by atoms with Crippen LogP contribution in [0.5, 0.6) is 5.75 Å². The minimum atomic E-state index is -0.477. The summed E-state index contributed by atoms with van der Waals surface area (Å²) in [6.45, 7) is 8.71. The fraction of sp³-hybridized carbons (Fsp3) is 0.579. The number of hydrogen-bond acceptors (Lipinski definition) is 4. The van der Waals surface area contributed by atoms with Crippen molar-refractivity contribution in [1.29, 1.82) is 0 Å². The van der Waals surface area contributed by atoms with Gasteiger partial charge in [-0.2, -0.15) is 0 Å². The number of benzene rings is 1. The Morgan fingerprint density at radius 1 is 1.19 bits per heavy atom. The van der Waals surface area contributed by atoms with Gasteiger partial charge < -0.3 is 25.0 Å². The van der Waals surface area contributed by atoms with E-state index in [0.717, 1.165) is 17.7 Å². The lowest BCUT2D eigenvalue weighted by atomic mass is 10.1. The van der Waals surface area contributed by atoms with Crippen molar-refractivity contribution in [2.45, 2.75) is 32.8 Å². The Hall–Kier alpha value is -2.44. The quantitative estimate of drug-likeness (QED) is 0.655. The monoisotopic (exact) mass is 362 g/mol. The third-order valence-corrected chi connectivity index (χ3v) is 4.06. The Bertz CT molecular complexity index is 632. The molecule has 144 valence electrons. The summed E-state index contributed by atoms with van der Waals surface area (Å²) in [5.41, 5.74) is 6.79. The largest absolute Gasteiger partial charge is 0.497 e. The van der Waals surface area contributed by atoms with Gasteiger partial charge in [0.2, 0.25) is 0 Å². The van der Waals surface area contributed by atoms with E-state index in [-0.39, 0.29) is 6.09 Å².